The number of hydrogen-bond acceptors (Lipinski definition) is 2. The Labute approximate surface area is 120 Å². The highest BCUT2D eigenvalue weighted by Gasteiger charge is 2.34. The predicted octanol–water partition coefficient (Wildman–Crippen LogP) is 4.39. The van der Waals surface area contributed by atoms with Crippen LogP contribution in [0.5, 0.6) is 0 Å². The molecule has 2 heteroatoms. The van der Waals surface area contributed by atoms with Crippen molar-refractivity contribution in [2.75, 3.05) is 26.3 Å². The molecule has 0 unspecified atom stereocenters. The van der Waals surface area contributed by atoms with Gasteiger partial charge in [-0.25, -0.2) is 0 Å². The van der Waals surface area contributed by atoms with Gasteiger partial charge in [-0.2, -0.15) is 0 Å². The van der Waals surface area contributed by atoms with E-state index in [-0.39, 0.29) is 0 Å². The second kappa shape index (κ2) is 9.77. The standard InChI is InChI=1S/C17H35NO/c1-4-7-8-16-9-11-17(12-10-16,15-19-6-3)14-18-13-5-2/h16,18H,4-15H2,1-3H3. The van der Waals surface area contributed by atoms with Crippen molar-refractivity contribution in [1.29, 1.82) is 0 Å². The van der Waals surface area contributed by atoms with Gasteiger partial charge in [-0.1, -0.05) is 33.1 Å². The largest absolute Gasteiger partial charge is 0.381 e. The Bertz CT molecular complexity index is 209. The quantitative estimate of drug-likeness (QED) is 0.594. The Balaban J connectivity index is 2.39. The van der Waals surface area contributed by atoms with Gasteiger partial charge in [-0.05, 0) is 51.5 Å². The lowest BCUT2D eigenvalue weighted by Gasteiger charge is -2.40. The fourth-order valence-electron chi connectivity index (χ4n) is 3.29. The van der Waals surface area contributed by atoms with Crippen LogP contribution in [0.3, 0.4) is 0 Å². The first-order chi connectivity index (χ1) is 9.26. The molecule has 0 aromatic heterocycles. The van der Waals surface area contributed by atoms with Crippen molar-refractivity contribution >= 4 is 0 Å². The molecule has 0 aliphatic heterocycles. The fraction of sp³-hybridized carbons (Fsp3) is 1.00. The predicted molar refractivity (Wildman–Crippen MR) is 83.6 cm³/mol. The van der Waals surface area contributed by atoms with Gasteiger partial charge in [0.25, 0.3) is 0 Å². The molecule has 0 saturated heterocycles. The van der Waals surface area contributed by atoms with Crippen LogP contribution in [0.2, 0.25) is 0 Å². The van der Waals surface area contributed by atoms with E-state index < -0.39 is 0 Å². The maximum atomic E-state index is 5.78. The summed E-state index contributed by atoms with van der Waals surface area (Å²) >= 11 is 0. The molecule has 2 nitrogen and oxygen atoms in total. The third-order valence-electron chi connectivity index (χ3n) is 4.67. The summed E-state index contributed by atoms with van der Waals surface area (Å²) in [7, 11) is 0. The summed E-state index contributed by atoms with van der Waals surface area (Å²) in [4.78, 5) is 0. The van der Waals surface area contributed by atoms with Crippen LogP contribution in [0.1, 0.15) is 72.1 Å². The molecule has 1 saturated carbocycles. The summed E-state index contributed by atoms with van der Waals surface area (Å²) in [5.74, 6) is 0.987. The van der Waals surface area contributed by atoms with Gasteiger partial charge >= 0.3 is 0 Å². The second-order valence-electron chi connectivity index (χ2n) is 6.40. The van der Waals surface area contributed by atoms with Crippen LogP contribution in [0, 0.1) is 11.3 Å². The van der Waals surface area contributed by atoms with E-state index in [4.69, 9.17) is 4.74 Å². The smallest absolute Gasteiger partial charge is 0.0534 e. The highest BCUT2D eigenvalue weighted by molar-refractivity contribution is 4.87. The molecule has 0 radical (unpaired) electrons. The number of ether oxygens (including phenoxy) is 1. The van der Waals surface area contributed by atoms with E-state index in [1.165, 1.54) is 51.4 Å². The van der Waals surface area contributed by atoms with E-state index >= 15 is 0 Å². The topological polar surface area (TPSA) is 21.3 Å². The lowest BCUT2D eigenvalue weighted by molar-refractivity contribution is 0.0147. The second-order valence-corrected chi connectivity index (χ2v) is 6.40. The summed E-state index contributed by atoms with van der Waals surface area (Å²) in [5, 5.41) is 3.63. The highest BCUT2D eigenvalue weighted by atomic mass is 16.5. The summed E-state index contributed by atoms with van der Waals surface area (Å²) < 4.78 is 5.78. The van der Waals surface area contributed by atoms with E-state index in [0.29, 0.717) is 5.41 Å². The first-order valence-electron chi connectivity index (χ1n) is 8.54. The molecule has 0 bridgehead atoms. The van der Waals surface area contributed by atoms with Crippen molar-refractivity contribution in [3.05, 3.63) is 0 Å². The Kier molecular flexibility index (Phi) is 8.72. The molecule has 0 spiro atoms. The molecule has 1 rings (SSSR count). The molecule has 0 aromatic carbocycles. The maximum Gasteiger partial charge on any atom is 0.0534 e. The van der Waals surface area contributed by atoms with E-state index in [9.17, 15) is 0 Å². The molecule has 0 heterocycles. The molecule has 1 aliphatic rings. The Hall–Kier alpha value is -0.0800. The van der Waals surface area contributed by atoms with Gasteiger partial charge in [0.2, 0.25) is 0 Å². The summed E-state index contributed by atoms with van der Waals surface area (Å²) in [6, 6.07) is 0. The van der Waals surface area contributed by atoms with E-state index in [0.717, 1.165) is 32.2 Å². The lowest BCUT2D eigenvalue weighted by atomic mass is 9.69. The van der Waals surface area contributed by atoms with Gasteiger partial charge in [0.1, 0.15) is 0 Å². The SMILES string of the molecule is CCCCC1CCC(CNCCC)(COCC)CC1. The van der Waals surface area contributed by atoms with Crippen LogP contribution < -0.4 is 5.32 Å². The van der Waals surface area contributed by atoms with Gasteiger partial charge in [-0.15, -0.1) is 0 Å². The average Bonchev–Trinajstić information content (AvgIpc) is 2.45. The number of hydrogen-bond donors (Lipinski definition) is 1. The van der Waals surface area contributed by atoms with E-state index in [1.54, 1.807) is 0 Å². The molecule has 1 fully saturated rings. The van der Waals surface area contributed by atoms with Crippen molar-refractivity contribution < 1.29 is 4.74 Å². The number of rotatable bonds is 10. The van der Waals surface area contributed by atoms with Crippen LogP contribution >= 0.6 is 0 Å². The normalized spacial score (nSPS) is 27.6. The van der Waals surface area contributed by atoms with E-state index in [1.807, 2.05) is 0 Å². The molecule has 1 N–H and O–H groups in total. The first kappa shape index (κ1) is 17.0. The maximum absolute atomic E-state index is 5.78. The number of unbranched alkanes of at least 4 members (excludes halogenated alkanes) is 1. The van der Waals surface area contributed by atoms with Crippen LogP contribution in [-0.2, 0) is 4.74 Å². The summed E-state index contributed by atoms with van der Waals surface area (Å²) in [5.41, 5.74) is 0.424. The van der Waals surface area contributed by atoms with Crippen molar-refractivity contribution in [1.82, 2.24) is 5.32 Å². The molecule has 0 atom stereocenters. The first-order valence-corrected chi connectivity index (χ1v) is 8.54. The molecular formula is C17H35NO. The molecular weight excluding hydrogens is 234 g/mol. The van der Waals surface area contributed by atoms with Crippen molar-refractivity contribution in [2.24, 2.45) is 11.3 Å². The van der Waals surface area contributed by atoms with Gasteiger partial charge in [-0.3, -0.25) is 0 Å². The summed E-state index contributed by atoms with van der Waals surface area (Å²) in [6.45, 7) is 10.8. The minimum atomic E-state index is 0.424. The molecule has 114 valence electrons. The van der Waals surface area contributed by atoms with Gasteiger partial charge in [0, 0.05) is 18.6 Å². The molecule has 19 heavy (non-hydrogen) atoms. The van der Waals surface area contributed by atoms with E-state index in [2.05, 4.69) is 26.1 Å². The van der Waals surface area contributed by atoms with Crippen LogP contribution in [0.15, 0.2) is 0 Å². The number of nitrogens with one attached hydrogen (secondary N) is 1. The molecule has 0 amide bonds. The monoisotopic (exact) mass is 269 g/mol. The lowest BCUT2D eigenvalue weighted by Crippen LogP contribution is -2.41. The summed E-state index contributed by atoms with van der Waals surface area (Å²) in [6.07, 6.45) is 11.0. The minimum Gasteiger partial charge on any atom is -0.381 e. The van der Waals surface area contributed by atoms with Crippen molar-refractivity contribution in [3.63, 3.8) is 0 Å². The fourth-order valence-corrected chi connectivity index (χ4v) is 3.29. The Morgan fingerprint density at radius 3 is 2.42 bits per heavy atom. The third kappa shape index (κ3) is 6.27. The van der Waals surface area contributed by atoms with Gasteiger partial charge in [0.05, 0.1) is 6.61 Å². The molecule has 1 aliphatic carbocycles. The van der Waals surface area contributed by atoms with Gasteiger partial charge < -0.3 is 10.1 Å². The van der Waals surface area contributed by atoms with Crippen LogP contribution in [0.4, 0.5) is 0 Å². The molecule has 0 aromatic rings. The minimum absolute atomic E-state index is 0.424. The highest BCUT2D eigenvalue weighted by Crippen LogP contribution is 2.40. The van der Waals surface area contributed by atoms with Crippen LogP contribution in [0.25, 0.3) is 0 Å². The third-order valence-corrected chi connectivity index (χ3v) is 4.67. The zero-order chi connectivity index (χ0) is 14.0. The zero-order valence-corrected chi connectivity index (χ0v) is 13.5. The Morgan fingerprint density at radius 2 is 1.84 bits per heavy atom. The zero-order valence-electron chi connectivity index (χ0n) is 13.5. The van der Waals surface area contributed by atoms with Gasteiger partial charge in [0.15, 0.2) is 0 Å². The Morgan fingerprint density at radius 1 is 1.11 bits per heavy atom. The average molecular weight is 269 g/mol. The van der Waals surface area contributed by atoms with Crippen molar-refractivity contribution in [2.45, 2.75) is 72.1 Å². The van der Waals surface area contributed by atoms with Crippen LogP contribution in [-0.4, -0.2) is 26.3 Å². The van der Waals surface area contributed by atoms with Crippen molar-refractivity contribution in [3.8, 4) is 0 Å².